The number of aromatic nitrogens is 1. The Kier molecular flexibility index (Phi) is 9.51. The number of pyridine rings is 1. The molecule has 1 atom stereocenters. The van der Waals surface area contributed by atoms with Crippen LogP contribution in [0.4, 0.5) is 0 Å². The number of rotatable bonds is 12. The summed E-state index contributed by atoms with van der Waals surface area (Å²) in [7, 11) is 7.33. The summed E-state index contributed by atoms with van der Waals surface area (Å²) in [4.78, 5) is 31.6. The first-order valence-electron chi connectivity index (χ1n) is 10.2. The highest BCUT2D eigenvalue weighted by molar-refractivity contribution is 8.76. The predicted molar refractivity (Wildman–Crippen MR) is 128 cm³/mol. The summed E-state index contributed by atoms with van der Waals surface area (Å²) in [6, 6.07) is 8.49. The van der Waals surface area contributed by atoms with Gasteiger partial charge in [0.15, 0.2) is 11.5 Å². The lowest BCUT2D eigenvalue weighted by atomic mass is 10.1. The maximum absolute atomic E-state index is 12.8. The molecule has 3 rings (SSSR count). The van der Waals surface area contributed by atoms with Crippen LogP contribution in [-0.4, -0.2) is 66.7 Å². The van der Waals surface area contributed by atoms with Crippen LogP contribution in [0.15, 0.2) is 42.7 Å². The van der Waals surface area contributed by atoms with Gasteiger partial charge in [-0.2, -0.15) is 0 Å². The van der Waals surface area contributed by atoms with Gasteiger partial charge in [0.25, 0.3) is 0 Å². The van der Waals surface area contributed by atoms with E-state index >= 15 is 0 Å². The molecule has 1 aromatic heterocycles. The number of ether oxygens (including phenoxy) is 2. The molecule has 8 nitrogen and oxygen atoms in total. The second-order valence-electron chi connectivity index (χ2n) is 7.47. The zero-order valence-corrected chi connectivity index (χ0v) is 19.8. The van der Waals surface area contributed by atoms with Crippen molar-refractivity contribution in [3.63, 3.8) is 0 Å². The Balaban J connectivity index is 1.54. The van der Waals surface area contributed by atoms with Crippen LogP contribution in [0.5, 0.6) is 11.5 Å². The first-order valence-corrected chi connectivity index (χ1v) is 12.7. The number of hydrogen-bond donors (Lipinski definition) is 2. The van der Waals surface area contributed by atoms with Gasteiger partial charge in [0, 0.05) is 37.0 Å². The van der Waals surface area contributed by atoms with Gasteiger partial charge in [0.1, 0.15) is 6.04 Å². The van der Waals surface area contributed by atoms with Crippen molar-refractivity contribution >= 4 is 33.4 Å². The topological polar surface area (TPSA) is 92.8 Å². The number of carbonyl (C=O) groups is 2. The number of carbonyl (C=O) groups excluding carboxylic acids is 2. The largest absolute Gasteiger partial charge is 0.454 e. The molecule has 2 aromatic rings. The van der Waals surface area contributed by atoms with E-state index in [0.29, 0.717) is 23.8 Å². The van der Waals surface area contributed by atoms with Gasteiger partial charge in [-0.15, -0.1) is 0 Å². The molecule has 2 amide bonds. The lowest BCUT2D eigenvalue weighted by Gasteiger charge is -2.18. The maximum atomic E-state index is 12.8. The number of amides is 2. The van der Waals surface area contributed by atoms with Gasteiger partial charge in [0.05, 0.1) is 6.42 Å². The molecule has 1 aromatic carbocycles. The minimum absolute atomic E-state index is 0.156. The molecule has 2 heterocycles. The first-order chi connectivity index (χ1) is 15.5. The summed E-state index contributed by atoms with van der Waals surface area (Å²) in [5.74, 6) is 2.30. The zero-order chi connectivity index (χ0) is 22.8. The maximum Gasteiger partial charge on any atom is 0.243 e. The second kappa shape index (κ2) is 12.6. The third kappa shape index (κ3) is 7.92. The van der Waals surface area contributed by atoms with E-state index in [1.807, 2.05) is 32.3 Å². The van der Waals surface area contributed by atoms with E-state index in [2.05, 4.69) is 20.5 Å². The lowest BCUT2D eigenvalue weighted by Crippen LogP contribution is -2.48. The normalized spacial score (nSPS) is 13.1. The van der Waals surface area contributed by atoms with Crippen molar-refractivity contribution in [1.82, 2.24) is 20.5 Å². The monoisotopic (exact) mass is 476 g/mol. The Labute approximate surface area is 196 Å². The Hall–Kier alpha value is -2.43. The molecule has 0 saturated heterocycles. The lowest BCUT2D eigenvalue weighted by molar-refractivity contribution is -0.128. The van der Waals surface area contributed by atoms with Crippen molar-refractivity contribution in [2.24, 2.45) is 0 Å². The van der Waals surface area contributed by atoms with Gasteiger partial charge in [-0.05, 0) is 49.5 Å². The molecule has 1 aliphatic heterocycles. The van der Waals surface area contributed by atoms with E-state index in [9.17, 15) is 9.59 Å². The SMILES string of the molecule is CN(C)CCSSC[C@H](NC(=O)Cc1ccc2c(c1)OCO2)C(=O)NCc1ccncc1. The molecule has 10 heteroatoms. The summed E-state index contributed by atoms with van der Waals surface area (Å²) in [6.45, 7) is 1.52. The fourth-order valence-electron chi connectivity index (χ4n) is 2.87. The fraction of sp³-hybridized carbons (Fsp3) is 0.409. The molecule has 0 unspecified atom stereocenters. The summed E-state index contributed by atoms with van der Waals surface area (Å²) in [5.41, 5.74) is 1.75. The van der Waals surface area contributed by atoms with Crippen molar-refractivity contribution in [3.05, 3.63) is 53.9 Å². The van der Waals surface area contributed by atoms with E-state index in [4.69, 9.17) is 9.47 Å². The van der Waals surface area contributed by atoms with Crippen LogP contribution in [0.2, 0.25) is 0 Å². The highest BCUT2D eigenvalue weighted by atomic mass is 33.1. The number of hydrogen-bond acceptors (Lipinski definition) is 8. The number of fused-ring (bicyclic) bond motifs is 1. The molecule has 0 aliphatic carbocycles. The molecule has 0 radical (unpaired) electrons. The Morgan fingerprint density at radius 1 is 1.09 bits per heavy atom. The Morgan fingerprint density at radius 3 is 2.66 bits per heavy atom. The minimum Gasteiger partial charge on any atom is -0.454 e. The first kappa shape index (κ1) is 24.2. The molecule has 0 fully saturated rings. The average molecular weight is 477 g/mol. The summed E-state index contributed by atoms with van der Waals surface area (Å²) >= 11 is 0. The van der Waals surface area contributed by atoms with Crippen molar-refractivity contribution in [3.8, 4) is 11.5 Å². The van der Waals surface area contributed by atoms with Crippen molar-refractivity contribution < 1.29 is 19.1 Å². The van der Waals surface area contributed by atoms with Gasteiger partial charge in [-0.25, -0.2) is 0 Å². The second-order valence-corrected chi connectivity index (χ2v) is 10.1. The fourth-order valence-corrected chi connectivity index (χ4v) is 5.17. The van der Waals surface area contributed by atoms with Crippen molar-refractivity contribution in [2.45, 2.75) is 19.0 Å². The predicted octanol–water partition coefficient (Wildman–Crippen LogP) is 2.10. The van der Waals surface area contributed by atoms with Gasteiger partial charge >= 0.3 is 0 Å². The van der Waals surface area contributed by atoms with Crippen LogP contribution in [0, 0.1) is 0 Å². The van der Waals surface area contributed by atoms with E-state index in [1.165, 1.54) is 0 Å². The highest BCUT2D eigenvalue weighted by Crippen LogP contribution is 2.32. The number of nitrogens with zero attached hydrogens (tertiary/aromatic N) is 2. The number of benzene rings is 1. The average Bonchev–Trinajstić information content (AvgIpc) is 3.25. The standard InChI is InChI=1S/C22H28N4O4S2/c1-26(2)9-10-31-32-14-18(22(28)24-13-16-5-7-23-8-6-16)25-21(27)12-17-3-4-19-20(11-17)30-15-29-19/h3-8,11,18H,9-10,12-15H2,1-2H3,(H,24,28)(H,25,27)/t18-/m0/s1. The van der Waals surface area contributed by atoms with E-state index in [0.717, 1.165) is 23.4 Å². The molecule has 172 valence electrons. The van der Waals surface area contributed by atoms with E-state index in [-0.39, 0.29) is 25.0 Å². The van der Waals surface area contributed by atoms with E-state index in [1.54, 1.807) is 46.1 Å². The quantitative estimate of drug-likeness (QED) is 0.355. The molecule has 0 spiro atoms. The highest BCUT2D eigenvalue weighted by Gasteiger charge is 2.22. The van der Waals surface area contributed by atoms with Gasteiger partial charge in [-0.3, -0.25) is 14.6 Å². The van der Waals surface area contributed by atoms with Crippen molar-refractivity contribution in [2.75, 3.05) is 38.9 Å². The smallest absolute Gasteiger partial charge is 0.243 e. The zero-order valence-electron chi connectivity index (χ0n) is 18.2. The van der Waals surface area contributed by atoms with Gasteiger partial charge in [0.2, 0.25) is 18.6 Å². The van der Waals surface area contributed by atoms with Crippen LogP contribution < -0.4 is 20.1 Å². The molecule has 0 saturated carbocycles. The Morgan fingerprint density at radius 2 is 1.88 bits per heavy atom. The summed E-state index contributed by atoms with van der Waals surface area (Å²) in [5, 5.41) is 5.80. The summed E-state index contributed by atoms with van der Waals surface area (Å²) < 4.78 is 10.7. The van der Waals surface area contributed by atoms with Crippen LogP contribution >= 0.6 is 21.6 Å². The molecule has 2 N–H and O–H groups in total. The van der Waals surface area contributed by atoms with Gasteiger partial charge in [-0.1, -0.05) is 27.7 Å². The van der Waals surface area contributed by atoms with Crippen LogP contribution in [0.3, 0.4) is 0 Å². The van der Waals surface area contributed by atoms with Crippen LogP contribution in [0.1, 0.15) is 11.1 Å². The Bertz CT molecular complexity index is 899. The third-order valence-corrected chi connectivity index (χ3v) is 7.00. The number of nitrogens with one attached hydrogen (secondary N) is 2. The molecule has 1 aliphatic rings. The third-order valence-electron chi connectivity index (χ3n) is 4.61. The van der Waals surface area contributed by atoms with Gasteiger partial charge < -0.3 is 25.0 Å². The molecule has 32 heavy (non-hydrogen) atoms. The summed E-state index contributed by atoms with van der Waals surface area (Å²) in [6.07, 6.45) is 3.52. The van der Waals surface area contributed by atoms with Crippen LogP contribution in [0.25, 0.3) is 0 Å². The molecular weight excluding hydrogens is 448 g/mol. The molecular formula is C22H28N4O4S2. The van der Waals surface area contributed by atoms with Crippen molar-refractivity contribution in [1.29, 1.82) is 0 Å². The minimum atomic E-state index is -0.629. The van der Waals surface area contributed by atoms with Crippen LogP contribution in [-0.2, 0) is 22.6 Å². The molecule has 0 bridgehead atoms. The van der Waals surface area contributed by atoms with E-state index < -0.39 is 6.04 Å².